The Morgan fingerprint density at radius 3 is 2.61 bits per heavy atom. The van der Waals surface area contributed by atoms with E-state index in [1.54, 1.807) is 10.9 Å². The van der Waals surface area contributed by atoms with Gasteiger partial charge in [0.2, 0.25) is 10.0 Å². The maximum absolute atomic E-state index is 12.8. The molecule has 7 heteroatoms. The van der Waals surface area contributed by atoms with Crippen LogP contribution in [-0.4, -0.2) is 41.1 Å². The fourth-order valence-corrected chi connectivity index (χ4v) is 4.55. The third kappa shape index (κ3) is 3.17. The molecule has 3 rings (SSSR count). The van der Waals surface area contributed by atoms with E-state index in [1.807, 2.05) is 38.1 Å². The monoisotopic (exact) mass is 334 g/mol. The van der Waals surface area contributed by atoms with Gasteiger partial charge in [0.25, 0.3) is 0 Å². The molecular formula is C16H22N4O2S. The average molecular weight is 334 g/mol. The predicted molar refractivity (Wildman–Crippen MR) is 88.9 cm³/mol. The van der Waals surface area contributed by atoms with E-state index in [4.69, 9.17) is 5.73 Å². The number of sulfonamides is 1. The molecule has 2 N–H and O–H groups in total. The van der Waals surface area contributed by atoms with E-state index >= 15 is 0 Å². The van der Waals surface area contributed by atoms with Crippen LogP contribution in [0.2, 0.25) is 0 Å². The number of hydrogen-bond donors (Lipinski definition) is 1. The molecule has 0 radical (unpaired) electrons. The first-order chi connectivity index (χ1) is 10.9. The molecule has 2 heterocycles. The van der Waals surface area contributed by atoms with Gasteiger partial charge in [-0.05, 0) is 38.8 Å². The molecule has 1 aliphatic rings. The third-order valence-electron chi connectivity index (χ3n) is 4.32. The van der Waals surface area contributed by atoms with Crippen LogP contribution in [0.5, 0.6) is 0 Å². The van der Waals surface area contributed by atoms with Gasteiger partial charge in [-0.3, -0.25) is 0 Å². The molecule has 1 aromatic heterocycles. The number of aromatic nitrogens is 2. The van der Waals surface area contributed by atoms with Gasteiger partial charge in [-0.1, -0.05) is 17.7 Å². The van der Waals surface area contributed by atoms with Gasteiger partial charge in [0, 0.05) is 18.6 Å². The number of rotatable bonds is 3. The molecule has 124 valence electrons. The first-order valence-electron chi connectivity index (χ1n) is 7.77. The highest BCUT2D eigenvalue weighted by Crippen LogP contribution is 2.25. The predicted octanol–water partition coefficient (Wildman–Crippen LogP) is 1.68. The zero-order chi connectivity index (χ0) is 16.6. The molecule has 23 heavy (non-hydrogen) atoms. The third-order valence-corrected chi connectivity index (χ3v) is 6.29. The van der Waals surface area contributed by atoms with E-state index in [2.05, 4.69) is 5.10 Å². The van der Waals surface area contributed by atoms with Crippen molar-refractivity contribution in [2.45, 2.75) is 43.7 Å². The average Bonchev–Trinajstić information content (AvgIpc) is 2.98. The zero-order valence-corrected chi connectivity index (χ0v) is 14.2. The molecule has 0 bridgehead atoms. The molecule has 1 aliphatic heterocycles. The molecule has 6 nitrogen and oxygen atoms in total. The van der Waals surface area contributed by atoms with Crippen LogP contribution in [0.4, 0.5) is 0 Å². The normalized spacial score (nSPS) is 23.1. The lowest BCUT2D eigenvalue weighted by molar-refractivity contribution is 0.247. The van der Waals surface area contributed by atoms with Crippen LogP contribution in [-0.2, 0) is 10.0 Å². The van der Waals surface area contributed by atoms with E-state index in [-0.39, 0.29) is 17.0 Å². The summed E-state index contributed by atoms with van der Waals surface area (Å²) in [6.07, 6.45) is 4.36. The second kappa shape index (κ2) is 6.07. The van der Waals surface area contributed by atoms with Crippen LogP contribution in [0.3, 0.4) is 0 Å². The Kier molecular flexibility index (Phi) is 4.27. The van der Waals surface area contributed by atoms with Crippen LogP contribution in [0.1, 0.15) is 25.3 Å². The van der Waals surface area contributed by atoms with Gasteiger partial charge < -0.3 is 5.73 Å². The van der Waals surface area contributed by atoms with Crippen molar-refractivity contribution in [1.29, 1.82) is 0 Å². The Balaban J connectivity index is 1.88. The summed E-state index contributed by atoms with van der Waals surface area (Å²) in [5, 5.41) is 4.20. The highest BCUT2D eigenvalue weighted by Gasteiger charge is 2.34. The Morgan fingerprint density at radius 2 is 1.96 bits per heavy atom. The second-order valence-corrected chi connectivity index (χ2v) is 8.10. The first kappa shape index (κ1) is 16.2. The van der Waals surface area contributed by atoms with Gasteiger partial charge in [0.15, 0.2) is 0 Å². The Bertz CT molecular complexity index is 783. The maximum atomic E-state index is 12.8. The summed E-state index contributed by atoms with van der Waals surface area (Å²) in [6.45, 7) is 4.37. The first-order valence-corrected chi connectivity index (χ1v) is 9.21. The lowest BCUT2D eigenvalue weighted by Gasteiger charge is -2.34. The Labute approximate surface area is 137 Å². The quantitative estimate of drug-likeness (QED) is 0.926. The van der Waals surface area contributed by atoms with Crippen LogP contribution >= 0.6 is 0 Å². The molecule has 0 saturated carbocycles. The van der Waals surface area contributed by atoms with E-state index < -0.39 is 10.0 Å². The largest absolute Gasteiger partial charge is 0.328 e. The molecule has 1 saturated heterocycles. The van der Waals surface area contributed by atoms with E-state index in [9.17, 15) is 8.42 Å². The fourth-order valence-electron chi connectivity index (χ4n) is 2.96. The van der Waals surface area contributed by atoms with E-state index in [0.717, 1.165) is 11.3 Å². The van der Waals surface area contributed by atoms with E-state index in [1.165, 1.54) is 10.5 Å². The maximum Gasteiger partial charge on any atom is 0.246 e. The summed E-state index contributed by atoms with van der Waals surface area (Å²) in [5.74, 6) is 0. The van der Waals surface area contributed by atoms with Crippen LogP contribution in [0.15, 0.2) is 41.6 Å². The molecule has 0 amide bonds. The molecule has 1 aromatic carbocycles. The number of piperidine rings is 1. The Morgan fingerprint density at radius 1 is 1.26 bits per heavy atom. The van der Waals surface area contributed by atoms with Crippen molar-refractivity contribution in [2.24, 2.45) is 5.73 Å². The molecule has 2 atom stereocenters. The van der Waals surface area contributed by atoms with E-state index in [0.29, 0.717) is 19.4 Å². The number of aryl methyl sites for hydroxylation is 1. The molecule has 0 aliphatic carbocycles. The zero-order valence-electron chi connectivity index (χ0n) is 13.4. The van der Waals surface area contributed by atoms with Crippen LogP contribution < -0.4 is 5.73 Å². The van der Waals surface area contributed by atoms with Gasteiger partial charge in [-0.15, -0.1) is 0 Å². The minimum absolute atomic E-state index is 0.0757. The summed E-state index contributed by atoms with van der Waals surface area (Å²) in [4.78, 5) is 0.223. The molecule has 2 aromatic rings. The number of nitrogens with zero attached hydrogens (tertiary/aromatic N) is 3. The molecule has 0 spiro atoms. The topological polar surface area (TPSA) is 81.2 Å². The van der Waals surface area contributed by atoms with Crippen molar-refractivity contribution >= 4 is 10.0 Å². The second-order valence-electron chi connectivity index (χ2n) is 6.21. The summed E-state index contributed by atoms with van der Waals surface area (Å²) in [7, 11) is -3.54. The van der Waals surface area contributed by atoms with Crippen molar-refractivity contribution in [3.05, 3.63) is 42.2 Å². The van der Waals surface area contributed by atoms with Gasteiger partial charge in [0.1, 0.15) is 4.90 Å². The van der Waals surface area contributed by atoms with Gasteiger partial charge in [0.05, 0.1) is 18.1 Å². The van der Waals surface area contributed by atoms with Crippen molar-refractivity contribution in [1.82, 2.24) is 14.1 Å². The standard InChI is InChI=1S/C16H22N4O2S/c1-12-3-5-15(6-4-12)19-11-16(10-18-19)23(21,22)20-8-7-14(17)9-13(20)2/h3-6,10-11,13-14H,7-9,17H2,1-2H3/t13-,14-/m0/s1. The number of nitrogens with two attached hydrogens (primary N) is 1. The number of hydrogen-bond acceptors (Lipinski definition) is 4. The molecule has 1 fully saturated rings. The lowest BCUT2D eigenvalue weighted by Crippen LogP contribution is -2.48. The van der Waals surface area contributed by atoms with Crippen molar-refractivity contribution in [3.63, 3.8) is 0 Å². The fraction of sp³-hybridized carbons (Fsp3) is 0.438. The highest BCUT2D eigenvalue weighted by atomic mass is 32.2. The highest BCUT2D eigenvalue weighted by molar-refractivity contribution is 7.89. The lowest BCUT2D eigenvalue weighted by atomic mass is 10.0. The van der Waals surface area contributed by atoms with Crippen molar-refractivity contribution in [3.8, 4) is 5.69 Å². The summed E-state index contributed by atoms with van der Waals surface area (Å²) in [6, 6.07) is 7.76. The van der Waals surface area contributed by atoms with Crippen molar-refractivity contribution in [2.75, 3.05) is 6.54 Å². The summed E-state index contributed by atoms with van der Waals surface area (Å²) >= 11 is 0. The van der Waals surface area contributed by atoms with Crippen molar-refractivity contribution < 1.29 is 8.42 Å². The molecular weight excluding hydrogens is 312 g/mol. The summed E-state index contributed by atoms with van der Waals surface area (Å²) < 4.78 is 28.8. The summed E-state index contributed by atoms with van der Waals surface area (Å²) in [5.41, 5.74) is 7.91. The SMILES string of the molecule is Cc1ccc(-n2cc(S(=O)(=O)N3CC[C@H](N)C[C@@H]3C)cn2)cc1. The van der Waals surface area contributed by atoms with Gasteiger partial charge >= 0.3 is 0 Å². The van der Waals surface area contributed by atoms with Gasteiger partial charge in [-0.2, -0.15) is 9.40 Å². The van der Waals surface area contributed by atoms with Gasteiger partial charge in [-0.25, -0.2) is 13.1 Å². The smallest absolute Gasteiger partial charge is 0.246 e. The Hall–Kier alpha value is -1.70. The molecule has 0 unspecified atom stereocenters. The minimum Gasteiger partial charge on any atom is -0.328 e. The van der Waals surface area contributed by atoms with Crippen LogP contribution in [0, 0.1) is 6.92 Å². The van der Waals surface area contributed by atoms with Crippen LogP contribution in [0.25, 0.3) is 5.69 Å². The minimum atomic E-state index is -3.54. The number of benzene rings is 1.